The van der Waals surface area contributed by atoms with Crippen LogP contribution in [0.2, 0.25) is 0 Å². The topological polar surface area (TPSA) is 23.9 Å². The summed E-state index contributed by atoms with van der Waals surface area (Å²) in [5, 5.41) is 7.23. The van der Waals surface area contributed by atoms with Crippen LogP contribution in [0.4, 0.5) is 0 Å². The summed E-state index contributed by atoms with van der Waals surface area (Å²) in [6.07, 6.45) is 5.36. The number of hydrogen-bond donors (Lipinski definition) is 1. The number of rotatable bonds is 2. The number of allylic oxidation sites excluding steroid dienone is 2. The summed E-state index contributed by atoms with van der Waals surface area (Å²) >= 11 is 0. The van der Waals surface area contributed by atoms with Crippen molar-refractivity contribution in [2.45, 2.75) is 26.2 Å². The lowest BCUT2D eigenvalue weighted by molar-refractivity contribution is 1.25. The minimum Gasteiger partial charge on any atom is -0.305 e. The van der Waals surface area contributed by atoms with Crippen LogP contribution < -0.4 is 0 Å². The molecule has 0 aromatic heterocycles. The Morgan fingerprint density at radius 2 is 2.38 bits per heavy atom. The first-order chi connectivity index (χ1) is 3.83. The van der Waals surface area contributed by atoms with Crippen LogP contribution in [-0.2, 0) is 0 Å². The lowest BCUT2D eigenvalue weighted by Crippen LogP contribution is -1.84. The quantitative estimate of drug-likeness (QED) is 0.525. The summed E-state index contributed by atoms with van der Waals surface area (Å²) in [7, 11) is 0. The Hall–Kier alpha value is -0.590. The van der Waals surface area contributed by atoms with E-state index < -0.39 is 0 Å². The molecule has 0 aromatic rings. The first-order valence-corrected chi connectivity index (χ1v) is 3.10. The van der Waals surface area contributed by atoms with Crippen LogP contribution in [0.1, 0.15) is 26.2 Å². The molecule has 0 aliphatic heterocycles. The molecule has 0 radical (unpaired) electrons. The van der Waals surface area contributed by atoms with Gasteiger partial charge in [-0.2, -0.15) is 0 Å². The Kier molecular flexibility index (Phi) is 1.47. The van der Waals surface area contributed by atoms with Crippen molar-refractivity contribution in [1.82, 2.24) is 0 Å². The minimum atomic E-state index is 0.775. The second-order valence-electron chi connectivity index (χ2n) is 2.18. The highest BCUT2D eigenvalue weighted by Crippen LogP contribution is 2.27. The van der Waals surface area contributed by atoms with Gasteiger partial charge in [0.15, 0.2) is 0 Å². The summed E-state index contributed by atoms with van der Waals surface area (Å²) in [6, 6.07) is 0. The van der Waals surface area contributed by atoms with E-state index in [-0.39, 0.29) is 0 Å². The molecule has 0 bridgehead atoms. The molecule has 1 rings (SSSR count). The van der Waals surface area contributed by atoms with Crippen LogP contribution in [0.3, 0.4) is 0 Å². The third kappa shape index (κ3) is 1.49. The number of hydrogen-bond acceptors (Lipinski definition) is 1. The van der Waals surface area contributed by atoms with Crippen LogP contribution in [0.5, 0.6) is 0 Å². The average molecular weight is 109 g/mol. The molecule has 0 unspecified atom stereocenters. The molecule has 0 amide bonds. The van der Waals surface area contributed by atoms with Crippen molar-refractivity contribution in [3.8, 4) is 0 Å². The predicted molar refractivity (Wildman–Crippen MR) is 35.3 cm³/mol. The Morgan fingerprint density at radius 3 is 2.75 bits per heavy atom. The SMILES string of the molecule is CCC(=N)C=C1CC1. The van der Waals surface area contributed by atoms with Gasteiger partial charge in [-0.05, 0) is 25.3 Å². The maximum Gasteiger partial charge on any atom is 0.0310 e. The van der Waals surface area contributed by atoms with E-state index in [4.69, 9.17) is 5.41 Å². The van der Waals surface area contributed by atoms with E-state index in [1.165, 1.54) is 18.4 Å². The standard InChI is InChI=1S/C7H11N/c1-2-7(8)5-6-3-4-6/h5,8H,2-4H2,1H3. The number of nitrogens with one attached hydrogen (secondary N) is 1. The van der Waals surface area contributed by atoms with Gasteiger partial charge in [-0.25, -0.2) is 0 Å². The molecule has 44 valence electrons. The molecule has 1 aliphatic carbocycles. The molecule has 0 atom stereocenters. The van der Waals surface area contributed by atoms with Crippen molar-refractivity contribution in [1.29, 1.82) is 5.41 Å². The summed E-state index contributed by atoms with van der Waals surface area (Å²) in [4.78, 5) is 0. The van der Waals surface area contributed by atoms with Crippen molar-refractivity contribution in [2.75, 3.05) is 0 Å². The fraction of sp³-hybridized carbons (Fsp3) is 0.571. The van der Waals surface area contributed by atoms with E-state index in [1.54, 1.807) is 0 Å². The van der Waals surface area contributed by atoms with E-state index in [0.717, 1.165) is 12.1 Å². The lowest BCUT2D eigenvalue weighted by Gasteiger charge is -1.84. The third-order valence-electron chi connectivity index (χ3n) is 1.30. The van der Waals surface area contributed by atoms with Crippen molar-refractivity contribution in [3.63, 3.8) is 0 Å². The van der Waals surface area contributed by atoms with Gasteiger partial charge in [-0.15, -0.1) is 0 Å². The monoisotopic (exact) mass is 109 g/mol. The van der Waals surface area contributed by atoms with Crippen molar-refractivity contribution < 1.29 is 0 Å². The Morgan fingerprint density at radius 1 is 1.75 bits per heavy atom. The molecule has 1 heteroatoms. The largest absolute Gasteiger partial charge is 0.305 e. The van der Waals surface area contributed by atoms with E-state index >= 15 is 0 Å². The van der Waals surface area contributed by atoms with E-state index in [9.17, 15) is 0 Å². The minimum absolute atomic E-state index is 0.775. The van der Waals surface area contributed by atoms with E-state index in [0.29, 0.717) is 0 Å². The third-order valence-corrected chi connectivity index (χ3v) is 1.30. The van der Waals surface area contributed by atoms with Crippen LogP contribution in [-0.4, -0.2) is 5.71 Å². The fourth-order valence-corrected chi connectivity index (χ4v) is 0.565. The highest BCUT2D eigenvalue weighted by molar-refractivity contribution is 5.93. The zero-order valence-corrected chi connectivity index (χ0v) is 5.20. The Labute approximate surface area is 49.9 Å². The maximum absolute atomic E-state index is 7.23. The van der Waals surface area contributed by atoms with Gasteiger partial charge >= 0.3 is 0 Å². The van der Waals surface area contributed by atoms with Gasteiger partial charge in [-0.1, -0.05) is 12.5 Å². The smallest absolute Gasteiger partial charge is 0.0310 e. The average Bonchev–Trinajstić information content (AvgIpc) is 2.50. The van der Waals surface area contributed by atoms with Gasteiger partial charge in [0.1, 0.15) is 0 Å². The van der Waals surface area contributed by atoms with E-state index in [1.807, 2.05) is 13.0 Å². The molecule has 1 fully saturated rings. The Bertz CT molecular complexity index is 127. The second-order valence-corrected chi connectivity index (χ2v) is 2.18. The first kappa shape index (κ1) is 5.54. The fourth-order valence-electron chi connectivity index (χ4n) is 0.565. The molecule has 8 heavy (non-hydrogen) atoms. The molecule has 1 N–H and O–H groups in total. The van der Waals surface area contributed by atoms with Gasteiger partial charge in [0.2, 0.25) is 0 Å². The van der Waals surface area contributed by atoms with Crippen molar-refractivity contribution in [2.24, 2.45) is 0 Å². The zero-order valence-electron chi connectivity index (χ0n) is 5.20. The van der Waals surface area contributed by atoms with Crippen LogP contribution in [0.15, 0.2) is 11.6 Å². The predicted octanol–water partition coefficient (Wildman–Crippen LogP) is 2.14. The molecule has 1 saturated carbocycles. The Balaban J connectivity index is 2.37. The molecular weight excluding hydrogens is 98.1 g/mol. The maximum atomic E-state index is 7.23. The van der Waals surface area contributed by atoms with Gasteiger partial charge in [0.05, 0.1) is 0 Å². The summed E-state index contributed by atoms with van der Waals surface area (Å²) in [6.45, 7) is 2.02. The van der Waals surface area contributed by atoms with Crippen LogP contribution >= 0.6 is 0 Å². The molecule has 0 spiro atoms. The normalized spacial score (nSPS) is 15.9. The van der Waals surface area contributed by atoms with Gasteiger partial charge < -0.3 is 5.41 Å². The van der Waals surface area contributed by atoms with Gasteiger partial charge in [-0.3, -0.25) is 0 Å². The molecule has 0 aromatic carbocycles. The van der Waals surface area contributed by atoms with Crippen molar-refractivity contribution in [3.05, 3.63) is 11.6 Å². The van der Waals surface area contributed by atoms with Gasteiger partial charge in [0, 0.05) is 5.71 Å². The molecular formula is C7H11N. The second kappa shape index (κ2) is 2.12. The van der Waals surface area contributed by atoms with Gasteiger partial charge in [0.25, 0.3) is 0 Å². The van der Waals surface area contributed by atoms with Crippen LogP contribution in [0, 0.1) is 5.41 Å². The van der Waals surface area contributed by atoms with E-state index in [2.05, 4.69) is 0 Å². The van der Waals surface area contributed by atoms with Crippen LogP contribution in [0.25, 0.3) is 0 Å². The highest BCUT2D eigenvalue weighted by Gasteiger charge is 2.10. The molecule has 0 heterocycles. The van der Waals surface area contributed by atoms with Crippen molar-refractivity contribution >= 4 is 5.71 Å². The zero-order chi connectivity index (χ0) is 5.98. The first-order valence-electron chi connectivity index (χ1n) is 3.10. The molecule has 1 aliphatic rings. The molecule has 0 saturated heterocycles. The highest BCUT2D eigenvalue weighted by atomic mass is 14.4. The lowest BCUT2D eigenvalue weighted by atomic mass is 10.3. The summed E-state index contributed by atoms with van der Waals surface area (Å²) in [5.41, 5.74) is 2.23. The summed E-state index contributed by atoms with van der Waals surface area (Å²) in [5.74, 6) is 0. The summed E-state index contributed by atoms with van der Waals surface area (Å²) < 4.78 is 0. The molecule has 1 nitrogen and oxygen atoms in total.